The van der Waals surface area contributed by atoms with Gasteiger partial charge in [-0.2, -0.15) is 5.26 Å². The summed E-state index contributed by atoms with van der Waals surface area (Å²) in [7, 11) is 0. The van der Waals surface area contributed by atoms with E-state index in [2.05, 4.69) is 29.6 Å². The minimum atomic E-state index is -0.180. The Hall–Kier alpha value is -2.77. The van der Waals surface area contributed by atoms with Gasteiger partial charge in [-0.1, -0.05) is 54.1 Å². The van der Waals surface area contributed by atoms with Gasteiger partial charge in [0.15, 0.2) is 0 Å². The zero-order valence-electron chi connectivity index (χ0n) is 16.5. The van der Waals surface area contributed by atoms with Crippen LogP contribution in [0.2, 0.25) is 5.02 Å². The molecule has 2 aromatic rings. The maximum absolute atomic E-state index is 12.7. The number of rotatable bonds is 7. The Kier molecular flexibility index (Phi) is 7.72. The van der Waals surface area contributed by atoms with Crippen LogP contribution in [0, 0.1) is 17.2 Å². The first kappa shape index (κ1) is 21.0. The lowest BCUT2D eigenvalue weighted by molar-refractivity contribution is -0.128. The third-order valence-electron chi connectivity index (χ3n) is 5.31. The highest BCUT2D eigenvalue weighted by Gasteiger charge is 2.25. The summed E-state index contributed by atoms with van der Waals surface area (Å²) >= 11 is 5.99. The van der Waals surface area contributed by atoms with Gasteiger partial charge in [0.05, 0.1) is 0 Å². The molecular formula is C24H26ClN3O. The average molecular weight is 408 g/mol. The van der Waals surface area contributed by atoms with Crippen LogP contribution in [0.5, 0.6) is 0 Å². The van der Waals surface area contributed by atoms with E-state index in [-0.39, 0.29) is 11.5 Å². The topological polar surface area (TPSA) is 56.1 Å². The van der Waals surface area contributed by atoms with Crippen molar-refractivity contribution in [1.29, 1.82) is 5.26 Å². The van der Waals surface area contributed by atoms with E-state index in [9.17, 15) is 10.1 Å². The van der Waals surface area contributed by atoms with Gasteiger partial charge in [0.2, 0.25) is 0 Å². The van der Waals surface area contributed by atoms with Crippen LogP contribution in [0.4, 0.5) is 0 Å². The van der Waals surface area contributed by atoms with Gasteiger partial charge < -0.3 is 10.2 Å². The maximum Gasteiger partial charge on any atom is 0.265 e. The van der Waals surface area contributed by atoms with Crippen LogP contribution in [0.25, 0.3) is 0 Å². The quantitative estimate of drug-likeness (QED) is 0.421. The molecule has 3 rings (SSSR count). The minimum absolute atomic E-state index is 0.164. The first-order chi connectivity index (χ1) is 14.2. The summed E-state index contributed by atoms with van der Waals surface area (Å²) in [5.41, 5.74) is 2.63. The van der Waals surface area contributed by atoms with Crippen LogP contribution in [-0.4, -0.2) is 30.4 Å². The van der Waals surface area contributed by atoms with Gasteiger partial charge in [-0.15, -0.1) is 0 Å². The van der Waals surface area contributed by atoms with Gasteiger partial charge in [0, 0.05) is 30.9 Å². The van der Waals surface area contributed by atoms with E-state index in [4.69, 9.17) is 11.6 Å². The van der Waals surface area contributed by atoms with Crippen LogP contribution in [-0.2, 0) is 17.6 Å². The summed E-state index contributed by atoms with van der Waals surface area (Å²) in [6.07, 6.45) is 5.32. The average Bonchev–Trinajstić information content (AvgIpc) is 2.75. The number of piperidine rings is 1. The molecule has 1 fully saturated rings. The Morgan fingerprint density at radius 3 is 2.55 bits per heavy atom. The van der Waals surface area contributed by atoms with E-state index in [0.29, 0.717) is 30.6 Å². The predicted molar refractivity (Wildman–Crippen MR) is 116 cm³/mol. The fourth-order valence-electron chi connectivity index (χ4n) is 3.68. The molecule has 1 aliphatic rings. The number of benzene rings is 2. The molecule has 1 amide bonds. The van der Waals surface area contributed by atoms with Crippen molar-refractivity contribution in [2.75, 3.05) is 19.6 Å². The Morgan fingerprint density at radius 2 is 1.86 bits per heavy atom. The Labute approximate surface area is 177 Å². The van der Waals surface area contributed by atoms with Crippen molar-refractivity contribution >= 4 is 17.5 Å². The van der Waals surface area contributed by atoms with Crippen molar-refractivity contribution in [2.45, 2.75) is 25.7 Å². The molecule has 1 saturated heterocycles. The second-order valence-corrected chi connectivity index (χ2v) is 7.87. The summed E-state index contributed by atoms with van der Waals surface area (Å²) in [5, 5.41) is 13.2. The number of nitrogens with zero attached hydrogens (tertiary/aromatic N) is 2. The number of amides is 1. The van der Waals surface area contributed by atoms with Crippen molar-refractivity contribution in [1.82, 2.24) is 10.2 Å². The van der Waals surface area contributed by atoms with E-state index in [1.54, 1.807) is 11.1 Å². The van der Waals surface area contributed by atoms with Gasteiger partial charge in [-0.05, 0) is 54.9 Å². The fraction of sp³-hybridized carbons (Fsp3) is 0.333. The lowest BCUT2D eigenvalue weighted by Crippen LogP contribution is -2.39. The van der Waals surface area contributed by atoms with Crippen molar-refractivity contribution in [3.05, 3.63) is 82.5 Å². The van der Waals surface area contributed by atoms with Gasteiger partial charge in [0.1, 0.15) is 11.6 Å². The van der Waals surface area contributed by atoms with Crippen molar-refractivity contribution in [3.8, 4) is 6.07 Å². The van der Waals surface area contributed by atoms with Gasteiger partial charge in [-0.25, -0.2) is 0 Å². The third-order valence-corrected chi connectivity index (χ3v) is 5.55. The molecule has 0 aliphatic carbocycles. The first-order valence-electron chi connectivity index (χ1n) is 10.1. The molecule has 0 aromatic heterocycles. The molecule has 1 aliphatic heterocycles. The molecule has 1 N–H and O–H groups in total. The van der Waals surface area contributed by atoms with Crippen molar-refractivity contribution < 1.29 is 4.79 Å². The summed E-state index contributed by atoms with van der Waals surface area (Å²) < 4.78 is 0. The summed E-state index contributed by atoms with van der Waals surface area (Å²) in [6, 6.07) is 20.2. The molecule has 2 aromatic carbocycles. The zero-order valence-corrected chi connectivity index (χ0v) is 17.2. The molecule has 0 unspecified atom stereocenters. The molecule has 29 heavy (non-hydrogen) atoms. The summed E-state index contributed by atoms with van der Waals surface area (Å²) in [4.78, 5) is 14.5. The van der Waals surface area contributed by atoms with Gasteiger partial charge >= 0.3 is 0 Å². The normalized spacial score (nSPS) is 15.0. The van der Waals surface area contributed by atoms with E-state index >= 15 is 0 Å². The van der Waals surface area contributed by atoms with E-state index in [1.807, 2.05) is 36.4 Å². The number of nitrogens with one attached hydrogen (secondary N) is 1. The van der Waals surface area contributed by atoms with Gasteiger partial charge in [-0.3, -0.25) is 4.79 Å². The lowest BCUT2D eigenvalue weighted by Gasteiger charge is -2.32. The minimum Gasteiger partial charge on any atom is -0.389 e. The molecule has 0 bridgehead atoms. The number of hydrogen-bond acceptors (Lipinski definition) is 3. The largest absolute Gasteiger partial charge is 0.389 e. The monoisotopic (exact) mass is 407 g/mol. The molecule has 0 atom stereocenters. The van der Waals surface area contributed by atoms with Crippen LogP contribution in [0.3, 0.4) is 0 Å². The summed E-state index contributed by atoms with van der Waals surface area (Å²) in [6.45, 7) is 2.05. The fourth-order valence-corrected chi connectivity index (χ4v) is 3.90. The molecule has 1 heterocycles. The number of carbonyl (C=O) groups excluding carboxylic acids is 1. The van der Waals surface area contributed by atoms with Crippen LogP contribution >= 0.6 is 11.6 Å². The number of halogens is 1. The number of nitriles is 1. The molecule has 0 saturated carbocycles. The molecule has 0 spiro atoms. The molecule has 5 heteroatoms. The van der Waals surface area contributed by atoms with Crippen molar-refractivity contribution in [2.24, 2.45) is 5.92 Å². The molecule has 0 radical (unpaired) electrons. The molecular weight excluding hydrogens is 382 g/mol. The molecule has 150 valence electrons. The first-order valence-corrected chi connectivity index (χ1v) is 10.4. The van der Waals surface area contributed by atoms with Crippen LogP contribution in [0.1, 0.15) is 24.0 Å². The second-order valence-electron chi connectivity index (χ2n) is 7.43. The van der Waals surface area contributed by atoms with E-state index < -0.39 is 0 Å². The Balaban J connectivity index is 1.45. The van der Waals surface area contributed by atoms with Crippen molar-refractivity contribution in [3.63, 3.8) is 0 Å². The van der Waals surface area contributed by atoms with Gasteiger partial charge in [0.25, 0.3) is 5.91 Å². The van der Waals surface area contributed by atoms with Crippen LogP contribution in [0.15, 0.2) is 66.4 Å². The number of hydrogen-bond donors (Lipinski definition) is 1. The highest BCUT2D eigenvalue weighted by molar-refractivity contribution is 6.30. The zero-order chi connectivity index (χ0) is 20.5. The highest BCUT2D eigenvalue weighted by Crippen LogP contribution is 2.22. The number of carbonyl (C=O) groups is 1. The molecule has 4 nitrogen and oxygen atoms in total. The summed E-state index contributed by atoms with van der Waals surface area (Å²) in [5.74, 6) is 0.410. The maximum atomic E-state index is 12.7. The Morgan fingerprint density at radius 1 is 1.14 bits per heavy atom. The number of likely N-dealkylation sites (tertiary alicyclic amines) is 1. The highest BCUT2D eigenvalue weighted by atomic mass is 35.5. The lowest BCUT2D eigenvalue weighted by atomic mass is 9.90. The predicted octanol–water partition coefficient (Wildman–Crippen LogP) is 4.36. The van der Waals surface area contributed by atoms with Crippen LogP contribution < -0.4 is 5.32 Å². The standard InChI is InChI=1S/C24H26ClN3O/c25-23-8-4-7-20(16-23)9-12-27-18-22(17-26)24(29)28-13-10-21(11-14-28)15-19-5-2-1-3-6-19/h1-8,16,18,21,27H,9-15H2/b22-18-. The smallest absolute Gasteiger partial charge is 0.265 e. The third kappa shape index (κ3) is 6.37. The van der Waals surface area contributed by atoms with E-state index in [1.165, 1.54) is 5.56 Å². The Bertz CT molecular complexity index is 880. The SMILES string of the molecule is N#C/C(=C/NCCc1cccc(Cl)c1)C(=O)N1CCC(Cc2ccccc2)CC1. The van der Waals surface area contributed by atoms with E-state index in [0.717, 1.165) is 31.2 Å². The second kappa shape index (κ2) is 10.7.